The van der Waals surface area contributed by atoms with Gasteiger partial charge in [0.25, 0.3) is 5.24 Å². The topological polar surface area (TPSA) is 44.8 Å². The summed E-state index contributed by atoms with van der Waals surface area (Å²) in [5.41, 5.74) is -1.36. The first-order valence-electron chi connectivity index (χ1n) is 8.92. The number of benzene rings is 1. The van der Waals surface area contributed by atoms with Crippen LogP contribution in [0.25, 0.3) is 0 Å². The molecule has 0 unspecified atom stereocenters. The summed E-state index contributed by atoms with van der Waals surface area (Å²) in [5.74, 6) is 0.514. The van der Waals surface area contributed by atoms with Crippen molar-refractivity contribution in [1.29, 1.82) is 0 Å². The van der Waals surface area contributed by atoms with Crippen LogP contribution < -0.4 is 4.74 Å². The molecule has 0 amide bonds. The lowest BCUT2D eigenvalue weighted by atomic mass is 9.76. The van der Waals surface area contributed by atoms with Gasteiger partial charge in [-0.2, -0.15) is 0 Å². The highest BCUT2D eigenvalue weighted by molar-refractivity contribution is 6.67. The van der Waals surface area contributed by atoms with Gasteiger partial charge in [0.2, 0.25) is 0 Å². The molecule has 1 aromatic rings. The first-order valence-corrected chi connectivity index (χ1v) is 9.30. The maximum absolute atomic E-state index is 15.3. The van der Waals surface area contributed by atoms with Gasteiger partial charge >= 0.3 is 7.12 Å². The fraction of sp³-hybridized carbons (Fsp3) is 0.550. The standard InChI is InChI=1S/C20H27BClFO4/c1-18(2,3)15(12-25-14-10-8-13(9-11-14)17(22)24)16(23)21-26-19(4,5)20(6,7)27-21/h8-11H,12H2,1-7H3. The van der Waals surface area contributed by atoms with Crippen LogP contribution in [-0.4, -0.2) is 30.2 Å². The molecule has 1 saturated heterocycles. The highest BCUT2D eigenvalue weighted by Gasteiger charge is 2.54. The fourth-order valence-corrected chi connectivity index (χ4v) is 2.70. The van der Waals surface area contributed by atoms with Crippen LogP contribution in [0.3, 0.4) is 0 Å². The summed E-state index contributed by atoms with van der Waals surface area (Å²) in [4.78, 5) is 11.1. The van der Waals surface area contributed by atoms with Gasteiger partial charge in [0.05, 0.1) is 11.2 Å². The van der Waals surface area contributed by atoms with Crippen molar-refractivity contribution in [2.75, 3.05) is 6.61 Å². The maximum atomic E-state index is 15.3. The van der Waals surface area contributed by atoms with E-state index in [2.05, 4.69) is 0 Å². The summed E-state index contributed by atoms with van der Waals surface area (Å²) in [5, 5.41) is -0.538. The summed E-state index contributed by atoms with van der Waals surface area (Å²) in [6.07, 6.45) is 0. The molecule has 1 aliphatic heterocycles. The molecule has 0 aliphatic carbocycles. The lowest BCUT2D eigenvalue weighted by Crippen LogP contribution is -2.41. The van der Waals surface area contributed by atoms with E-state index in [4.69, 9.17) is 25.6 Å². The zero-order valence-corrected chi connectivity index (χ0v) is 17.7. The van der Waals surface area contributed by atoms with E-state index in [0.717, 1.165) is 0 Å². The normalized spacial score (nSPS) is 19.7. The molecule has 0 saturated carbocycles. The van der Waals surface area contributed by atoms with Gasteiger partial charge in [0, 0.05) is 11.1 Å². The summed E-state index contributed by atoms with van der Waals surface area (Å²) < 4.78 is 32.7. The maximum Gasteiger partial charge on any atom is 0.525 e. The molecule has 2 rings (SSSR count). The lowest BCUT2D eigenvalue weighted by Gasteiger charge is -2.32. The molecule has 148 valence electrons. The zero-order valence-electron chi connectivity index (χ0n) is 17.0. The summed E-state index contributed by atoms with van der Waals surface area (Å²) in [6, 6.07) is 6.39. The van der Waals surface area contributed by atoms with E-state index in [1.54, 1.807) is 24.3 Å². The van der Waals surface area contributed by atoms with E-state index in [1.165, 1.54) is 0 Å². The molecule has 1 heterocycles. The number of hydrogen-bond donors (Lipinski definition) is 0. The zero-order chi connectivity index (χ0) is 20.6. The smallest absolute Gasteiger partial charge is 0.489 e. The number of carbonyl (C=O) groups excluding carboxylic acids is 1. The molecule has 0 spiro atoms. The Bertz CT molecular complexity index is 719. The van der Waals surface area contributed by atoms with Crippen LogP contribution in [0.5, 0.6) is 5.75 Å². The van der Waals surface area contributed by atoms with Gasteiger partial charge in [0.1, 0.15) is 18.1 Å². The quantitative estimate of drug-likeness (QED) is 0.497. The fourth-order valence-electron chi connectivity index (χ4n) is 2.57. The SMILES string of the molecule is CC(C)(C)C(COc1ccc(C(=O)Cl)cc1)=C(F)B1OC(C)(C)C(C)(C)O1. The Labute approximate surface area is 166 Å². The van der Waals surface area contributed by atoms with Crippen molar-refractivity contribution >= 4 is 24.0 Å². The van der Waals surface area contributed by atoms with E-state index in [9.17, 15) is 4.79 Å². The second-order valence-electron chi connectivity index (χ2n) is 8.75. The van der Waals surface area contributed by atoms with Crippen molar-refractivity contribution < 1.29 is 23.2 Å². The number of ether oxygens (including phenoxy) is 1. The molecular formula is C20H27BClFO4. The Morgan fingerprint density at radius 1 is 1.11 bits per heavy atom. The van der Waals surface area contributed by atoms with Crippen molar-refractivity contribution in [2.45, 2.75) is 59.7 Å². The minimum Gasteiger partial charge on any atom is -0.489 e. The third-order valence-corrected chi connectivity index (χ3v) is 5.34. The molecule has 0 atom stereocenters. The van der Waals surface area contributed by atoms with Crippen LogP contribution in [0.15, 0.2) is 35.6 Å². The van der Waals surface area contributed by atoms with E-state index in [-0.39, 0.29) is 6.61 Å². The van der Waals surface area contributed by atoms with Crippen LogP contribution in [0.1, 0.15) is 58.8 Å². The first kappa shape index (κ1) is 21.9. The third kappa shape index (κ3) is 4.92. The van der Waals surface area contributed by atoms with Gasteiger partial charge in [-0.25, -0.2) is 4.39 Å². The van der Waals surface area contributed by atoms with Crippen molar-refractivity contribution in [2.24, 2.45) is 5.41 Å². The van der Waals surface area contributed by atoms with Gasteiger partial charge < -0.3 is 14.0 Å². The molecule has 27 heavy (non-hydrogen) atoms. The number of rotatable bonds is 5. The van der Waals surface area contributed by atoms with Crippen LogP contribution >= 0.6 is 11.6 Å². The van der Waals surface area contributed by atoms with Crippen LogP contribution in [0.4, 0.5) is 4.39 Å². The van der Waals surface area contributed by atoms with Gasteiger partial charge in [-0.15, -0.1) is 0 Å². The molecule has 4 nitrogen and oxygen atoms in total. The number of hydrogen-bond acceptors (Lipinski definition) is 4. The van der Waals surface area contributed by atoms with Crippen LogP contribution in [-0.2, 0) is 9.31 Å². The summed E-state index contributed by atoms with van der Waals surface area (Å²) in [6.45, 7) is 13.3. The second kappa shape index (κ2) is 7.57. The molecule has 1 aliphatic rings. The van der Waals surface area contributed by atoms with Crippen molar-refractivity contribution in [3.05, 3.63) is 41.1 Å². The first-order chi connectivity index (χ1) is 12.2. The molecular weight excluding hydrogens is 369 g/mol. The Kier molecular flexibility index (Phi) is 6.15. The Morgan fingerprint density at radius 2 is 1.59 bits per heavy atom. The number of halogens is 2. The molecule has 0 radical (unpaired) electrons. The molecule has 1 aromatic carbocycles. The minimum atomic E-state index is -1.07. The van der Waals surface area contributed by atoms with Gasteiger partial charge in [-0.3, -0.25) is 4.79 Å². The van der Waals surface area contributed by atoms with Crippen LogP contribution in [0.2, 0.25) is 0 Å². The summed E-state index contributed by atoms with van der Waals surface area (Å²) in [7, 11) is -1.07. The monoisotopic (exact) mass is 396 g/mol. The summed E-state index contributed by atoms with van der Waals surface area (Å²) >= 11 is 5.44. The van der Waals surface area contributed by atoms with E-state index in [1.807, 2.05) is 48.5 Å². The lowest BCUT2D eigenvalue weighted by molar-refractivity contribution is 0.00578. The molecule has 0 bridgehead atoms. The molecule has 1 fully saturated rings. The largest absolute Gasteiger partial charge is 0.525 e. The second-order valence-corrected chi connectivity index (χ2v) is 9.09. The van der Waals surface area contributed by atoms with E-state index in [0.29, 0.717) is 16.9 Å². The van der Waals surface area contributed by atoms with E-state index < -0.39 is 34.7 Å². The van der Waals surface area contributed by atoms with Crippen molar-refractivity contribution in [3.8, 4) is 5.75 Å². The van der Waals surface area contributed by atoms with Crippen molar-refractivity contribution in [3.63, 3.8) is 0 Å². The Balaban J connectivity index is 2.22. The van der Waals surface area contributed by atoms with Gasteiger partial charge in [0.15, 0.2) is 0 Å². The average Bonchev–Trinajstić information content (AvgIpc) is 2.74. The van der Waals surface area contributed by atoms with Gasteiger partial charge in [-0.1, -0.05) is 20.8 Å². The third-order valence-electron chi connectivity index (χ3n) is 5.12. The molecule has 0 aromatic heterocycles. The highest BCUT2D eigenvalue weighted by Crippen LogP contribution is 2.41. The molecule has 7 heteroatoms. The average molecular weight is 397 g/mol. The van der Waals surface area contributed by atoms with E-state index >= 15 is 4.39 Å². The Morgan fingerprint density at radius 3 is 2.00 bits per heavy atom. The number of carbonyl (C=O) groups is 1. The Hall–Kier alpha value is -1.37. The predicted molar refractivity (Wildman–Crippen MR) is 106 cm³/mol. The molecule has 0 N–H and O–H groups in total. The predicted octanol–water partition coefficient (Wildman–Crippen LogP) is 5.35. The van der Waals surface area contributed by atoms with Gasteiger partial charge in [-0.05, 0) is 69.0 Å². The van der Waals surface area contributed by atoms with Crippen LogP contribution in [0, 0.1) is 5.41 Å². The minimum absolute atomic E-state index is 0.0353. The van der Waals surface area contributed by atoms with Crippen molar-refractivity contribution in [1.82, 2.24) is 0 Å². The highest BCUT2D eigenvalue weighted by atomic mass is 35.5.